The minimum absolute atomic E-state index is 0.104. The molecule has 0 bridgehead atoms. The number of fused-ring (bicyclic) bond motifs is 1. The number of nitrogens with one attached hydrogen (secondary N) is 2. The fourth-order valence-corrected chi connectivity index (χ4v) is 3.11. The van der Waals surface area contributed by atoms with Crippen LogP contribution in [-0.4, -0.2) is 57.0 Å². The zero-order chi connectivity index (χ0) is 22.8. The van der Waals surface area contributed by atoms with Gasteiger partial charge in [0.2, 0.25) is 5.82 Å². The van der Waals surface area contributed by atoms with Gasteiger partial charge in [0.1, 0.15) is 5.60 Å². The average Bonchev–Trinajstić information content (AvgIpc) is 3.15. The summed E-state index contributed by atoms with van der Waals surface area (Å²) in [5.74, 6) is -0.801. The van der Waals surface area contributed by atoms with E-state index in [1.165, 1.54) is 15.7 Å². The maximum absolute atomic E-state index is 12.4. The van der Waals surface area contributed by atoms with Gasteiger partial charge < -0.3 is 14.6 Å². The molecule has 164 valence electrons. The van der Waals surface area contributed by atoms with E-state index in [1.807, 2.05) is 0 Å². The molecule has 0 unspecified atom stereocenters. The number of rotatable bonds is 6. The van der Waals surface area contributed by atoms with E-state index in [0.29, 0.717) is 17.5 Å². The topological polar surface area (TPSA) is 123 Å². The number of imide groups is 1. The molecule has 0 spiro atoms. The van der Waals surface area contributed by atoms with Crippen LogP contribution in [0.1, 0.15) is 58.5 Å². The standard InChI is InChI=1S/C21H25N5O5/c1-21(2,3)31-20(30)24-15-12-25(4)16(23-15)17(27)22-10-7-11-26-18(28)13-8-5-6-9-14(13)19(26)29/h5-6,8-9,12H,7,10-11H2,1-4H3,(H,22,27)(H,24,30). The third kappa shape index (κ3) is 5.08. The van der Waals surface area contributed by atoms with Gasteiger partial charge >= 0.3 is 6.09 Å². The van der Waals surface area contributed by atoms with Gasteiger partial charge in [0.25, 0.3) is 17.7 Å². The molecule has 10 nitrogen and oxygen atoms in total. The summed E-state index contributed by atoms with van der Waals surface area (Å²) < 4.78 is 6.64. The van der Waals surface area contributed by atoms with Gasteiger partial charge in [0.05, 0.1) is 11.1 Å². The lowest BCUT2D eigenvalue weighted by Crippen LogP contribution is -2.34. The van der Waals surface area contributed by atoms with Crippen molar-refractivity contribution in [3.8, 4) is 0 Å². The van der Waals surface area contributed by atoms with Crippen LogP contribution in [-0.2, 0) is 11.8 Å². The van der Waals surface area contributed by atoms with E-state index in [1.54, 1.807) is 52.1 Å². The number of hydrogen-bond acceptors (Lipinski definition) is 6. The normalized spacial score (nSPS) is 13.2. The predicted octanol–water partition coefficient (Wildman–Crippen LogP) is 2.18. The molecule has 3 rings (SSSR count). The zero-order valence-electron chi connectivity index (χ0n) is 17.9. The van der Waals surface area contributed by atoms with Crippen LogP contribution < -0.4 is 10.6 Å². The molecule has 10 heteroatoms. The number of carbonyl (C=O) groups excluding carboxylic acids is 4. The highest BCUT2D eigenvalue weighted by Gasteiger charge is 2.34. The van der Waals surface area contributed by atoms with Crippen molar-refractivity contribution in [2.24, 2.45) is 7.05 Å². The lowest BCUT2D eigenvalue weighted by molar-refractivity contribution is 0.0627. The Hall–Kier alpha value is -3.69. The number of amides is 4. The molecular weight excluding hydrogens is 402 g/mol. The van der Waals surface area contributed by atoms with Gasteiger partial charge in [0.15, 0.2) is 5.82 Å². The third-order valence-electron chi connectivity index (χ3n) is 4.43. The molecule has 1 aliphatic rings. The van der Waals surface area contributed by atoms with Gasteiger partial charge in [-0.1, -0.05) is 12.1 Å². The summed E-state index contributed by atoms with van der Waals surface area (Å²) >= 11 is 0. The first-order valence-electron chi connectivity index (χ1n) is 9.83. The smallest absolute Gasteiger partial charge is 0.413 e. The Labute approximate surface area is 179 Å². The summed E-state index contributed by atoms with van der Waals surface area (Å²) in [6, 6.07) is 6.68. The van der Waals surface area contributed by atoms with E-state index in [9.17, 15) is 19.2 Å². The summed E-state index contributed by atoms with van der Waals surface area (Å²) in [6.07, 6.45) is 1.22. The first-order valence-corrected chi connectivity index (χ1v) is 9.83. The van der Waals surface area contributed by atoms with Crippen LogP contribution in [0, 0.1) is 0 Å². The Kier molecular flexibility index (Phi) is 6.09. The number of ether oxygens (including phenoxy) is 1. The lowest BCUT2D eigenvalue weighted by Gasteiger charge is -2.18. The second-order valence-corrected chi connectivity index (χ2v) is 8.10. The highest BCUT2D eigenvalue weighted by Crippen LogP contribution is 2.22. The van der Waals surface area contributed by atoms with Crippen molar-refractivity contribution in [2.75, 3.05) is 18.4 Å². The van der Waals surface area contributed by atoms with Crippen molar-refractivity contribution >= 4 is 29.6 Å². The molecule has 0 saturated carbocycles. The molecule has 0 atom stereocenters. The van der Waals surface area contributed by atoms with Crippen LogP contribution in [0.15, 0.2) is 30.5 Å². The Morgan fingerprint density at radius 3 is 2.29 bits per heavy atom. The molecule has 1 aliphatic heterocycles. The van der Waals surface area contributed by atoms with E-state index in [0.717, 1.165) is 0 Å². The summed E-state index contributed by atoms with van der Waals surface area (Å²) in [7, 11) is 1.63. The van der Waals surface area contributed by atoms with Gasteiger partial charge in [-0.15, -0.1) is 0 Å². The van der Waals surface area contributed by atoms with Crippen LogP contribution in [0.25, 0.3) is 0 Å². The predicted molar refractivity (Wildman–Crippen MR) is 112 cm³/mol. The van der Waals surface area contributed by atoms with Crippen molar-refractivity contribution in [1.82, 2.24) is 19.8 Å². The van der Waals surface area contributed by atoms with Crippen molar-refractivity contribution in [2.45, 2.75) is 32.8 Å². The molecule has 2 N–H and O–H groups in total. The number of benzene rings is 1. The quantitative estimate of drug-likeness (QED) is 0.538. The van der Waals surface area contributed by atoms with E-state index < -0.39 is 17.6 Å². The van der Waals surface area contributed by atoms with E-state index in [2.05, 4.69) is 15.6 Å². The van der Waals surface area contributed by atoms with Crippen LogP contribution in [0.3, 0.4) is 0 Å². The van der Waals surface area contributed by atoms with Crippen LogP contribution in [0.2, 0.25) is 0 Å². The number of aryl methyl sites for hydroxylation is 1. The average molecular weight is 427 g/mol. The third-order valence-corrected chi connectivity index (χ3v) is 4.43. The Bertz CT molecular complexity index is 1000. The highest BCUT2D eigenvalue weighted by atomic mass is 16.6. The molecule has 0 saturated heterocycles. The Morgan fingerprint density at radius 1 is 1.10 bits per heavy atom. The molecular formula is C21H25N5O5. The molecule has 2 heterocycles. The van der Waals surface area contributed by atoms with Gasteiger partial charge in [-0.25, -0.2) is 9.78 Å². The molecule has 31 heavy (non-hydrogen) atoms. The van der Waals surface area contributed by atoms with E-state index in [-0.39, 0.29) is 36.5 Å². The van der Waals surface area contributed by atoms with Crippen molar-refractivity contribution in [1.29, 1.82) is 0 Å². The molecule has 0 aliphatic carbocycles. The summed E-state index contributed by atoms with van der Waals surface area (Å²) in [6.45, 7) is 5.66. The minimum atomic E-state index is -0.668. The molecule has 0 fully saturated rings. The Balaban J connectivity index is 1.49. The van der Waals surface area contributed by atoms with Gasteiger partial charge in [0, 0.05) is 26.3 Å². The summed E-state index contributed by atoms with van der Waals surface area (Å²) in [4.78, 5) is 54.2. The maximum atomic E-state index is 12.4. The molecule has 1 aromatic carbocycles. The van der Waals surface area contributed by atoms with Gasteiger partial charge in [-0.3, -0.25) is 24.6 Å². The fraction of sp³-hybridized carbons (Fsp3) is 0.381. The second kappa shape index (κ2) is 8.58. The first-order chi connectivity index (χ1) is 14.6. The van der Waals surface area contributed by atoms with E-state index in [4.69, 9.17) is 4.74 Å². The van der Waals surface area contributed by atoms with Gasteiger partial charge in [-0.05, 0) is 39.3 Å². The lowest BCUT2D eigenvalue weighted by atomic mass is 10.1. The first kappa shape index (κ1) is 22.0. The maximum Gasteiger partial charge on any atom is 0.413 e. The van der Waals surface area contributed by atoms with Crippen LogP contribution in [0.4, 0.5) is 10.6 Å². The molecule has 4 amide bonds. The molecule has 1 aromatic heterocycles. The number of hydrogen-bond donors (Lipinski definition) is 2. The number of aromatic nitrogens is 2. The van der Waals surface area contributed by atoms with Crippen LogP contribution in [0.5, 0.6) is 0 Å². The molecule has 0 radical (unpaired) electrons. The number of anilines is 1. The monoisotopic (exact) mass is 427 g/mol. The number of imidazole rings is 1. The molecule has 2 aromatic rings. The largest absolute Gasteiger partial charge is 0.444 e. The Morgan fingerprint density at radius 2 is 1.71 bits per heavy atom. The van der Waals surface area contributed by atoms with E-state index >= 15 is 0 Å². The van der Waals surface area contributed by atoms with Crippen molar-refractivity contribution in [3.05, 3.63) is 47.4 Å². The summed E-state index contributed by atoms with van der Waals surface area (Å²) in [5.41, 5.74) is 0.141. The highest BCUT2D eigenvalue weighted by molar-refractivity contribution is 6.21. The minimum Gasteiger partial charge on any atom is -0.444 e. The van der Waals surface area contributed by atoms with Crippen LogP contribution >= 0.6 is 0 Å². The van der Waals surface area contributed by atoms with Crippen molar-refractivity contribution in [3.63, 3.8) is 0 Å². The van der Waals surface area contributed by atoms with Gasteiger partial charge in [-0.2, -0.15) is 0 Å². The number of carbonyl (C=O) groups is 4. The number of nitrogens with zero attached hydrogens (tertiary/aromatic N) is 3. The fourth-order valence-electron chi connectivity index (χ4n) is 3.11. The summed E-state index contributed by atoms with van der Waals surface area (Å²) in [5, 5.41) is 5.19. The second-order valence-electron chi connectivity index (χ2n) is 8.10. The van der Waals surface area contributed by atoms with Crippen molar-refractivity contribution < 1.29 is 23.9 Å². The SMILES string of the molecule is Cn1cc(NC(=O)OC(C)(C)C)nc1C(=O)NCCCN1C(=O)c2ccccc2C1=O. The zero-order valence-corrected chi connectivity index (χ0v) is 17.9.